The van der Waals surface area contributed by atoms with Crippen molar-refractivity contribution in [2.24, 2.45) is 0 Å². The van der Waals surface area contributed by atoms with E-state index in [0.717, 1.165) is 12.8 Å². The third kappa shape index (κ3) is 2.35. The van der Waals surface area contributed by atoms with E-state index in [0.29, 0.717) is 5.92 Å². The van der Waals surface area contributed by atoms with Gasteiger partial charge in [0.05, 0.1) is 0 Å². The summed E-state index contributed by atoms with van der Waals surface area (Å²) in [4.78, 5) is 0. The third-order valence-corrected chi connectivity index (χ3v) is 2.13. The first-order chi connectivity index (χ1) is 5.88. The van der Waals surface area contributed by atoms with Crippen LogP contribution in [0.5, 0.6) is 0 Å². The zero-order valence-electron chi connectivity index (χ0n) is 7.53. The Bertz CT molecular complexity index is 206. The van der Waals surface area contributed by atoms with Crippen molar-refractivity contribution < 1.29 is 5.11 Å². The van der Waals surface area contributed by atoms with E-state index in [1.165, 1.54) is 5.56 Å². The van der Waals surface area contributed by atoms with Gasteiger partial charge in [0.1, 0.15) is 0 Å². The molecular weight excluding hydrogens is 148 g/mol. The first-order valence-electron chi connectivity index (χ1n) is 4.54. The van der Waals surface area contributed by atoms with Crippen LogP contribution in [0.1, 0.15) is 31.2 Å². The molecule has 0 aliphatic carbocycles. The first-order valence-corrected chi connectivity index (χ1v) is 4.54. The minimum Gasteiger partial charge on any atom is -0.396 e. The van der Waals surface area contributed by atoms with Gasteiger partial charge < -0.3 is 5.11 Å². The molecule has 0 aliphatic heterocycles. The van der Waals surface area contributed by atoms with Crippen molar-refractivity contribution in [1.29, 1.82) is 0 Å². The van der Waals surface area contributed by atoms with Gasteiger partial charge in [-0.25, -0.2) is 0 Å². The van der Waals surface area contributed by atoms with Gasteiger partial charge in [-0.1, -0.05) is 43.7 Å². The molecule has 1 nitrogen and oxygen atoms in total. The van der Waals surface area contributed by atoms with Gasteiger partial charge in [-0.05, 0) is 12.0 Å². The molecule has 0 unspecified atom stereocenters. The number of aliphatic hydroxyl groups is 1. The van der Waals surface area contributed by atoms with Crippen LogP contribution in [0.15, 0.2) is 30.3 Å². The van der Waals surface area contributed by atoms with Crippen molar-refractivity contribution in [2.45, 2.75) is 25.7 Å². The second-order valence-electron chi connectivity index (χ2n) is 3.08. The van der Waals surface area contributed by atoms with Gasteiger partial charge in [0.2, 0.25) is 0 Å². The molecule has 0 fully saturated rings. The highest BCUT2D eigenvalue weighted by Crippen LogP contribution is 2.19. The molecule has 0 bridgehead atoms. The molecule has 1 heteroatoms. The van der Waals surface area contributed by atoms with E-state index in [1.807, 2.05) is 18.2 Å². The van der Waals surface area contributed by atoms with Gasteiger partial charge in [-0.3, -0.25) is 0 Å². The molecule has 0 saturated heterocycles. The maximum atomic E-state index is 9.11. The molecule has 12 heavy (non-hydrogen) atoms. The van der Waals surface area contributed by atoms with Gasteiger partial charge >= 0.3 is 0 Å². The molecule has 0 amide bonds. The summed E-state index contributed by atoms with van der Waals surface area (Å²) in [6, 6.07) is 10.2. The van der Waals surface area contributed by atoms with E-state index < -0.39 is 0 Å². The van der Waals surface area contributed by atoms with Crippen LogP contribution in [0.4, 0.5) is 0 Å². The summed E-state index contributed by atoms with van der Waals surface area (Å²) in [6.45, 7) is 2.41. The van der Waals surface area contributed by atoms with E-state index in [4.69, 9.17) is 5.11 Å². The largest absolute Gasteiger partial charge is 0.396 e. The standard InChI is InChI=1S/C11H16O/c1-2-6-11(9-12)10-7-4-3-5-8-10/h3-5,7-8,11-12H,2,6,9H2,1H3/t11-/m1/s1. The van der Waals surface area contributed by atoms with E-state index in [2.05, 4.69) is 19.1 Å². The molecule has 0 spiro atoms. The Labute approximate surface area is 74.1 Å². The normalized spacial score (nSPS) is 12.8. The molecule has 66 valence electrons. The van der Waals surface area contributed by atoms with Crippen molar-refractivity contribution >= 4 is 0 Å². The maximum Gasteiger partial charge on any atom is 0.0499 e. The minimum atomic E-state index is 0.262. The number of hydrogen-bond acceptors (Lipinski definition) is 1. The number of aliphatic hydroxyl groups excluding tert-OH is 1. The van der Waals surface area contributed by atoms with Crippen LogP contribution in [0, 0.1) is 0 Å². The third-order valence-electron chi connectivity index (χ3n) is 2.13. The van der Waals surface area contributed by atoms with Crippen molar-refractivity contribution in [3.05, 3.63) is 35.9 Å². The summed E-state index contributed by atoms with van der Waals surface area (Å²) >= 11 is 0. The Hall–Kier alpha value is -0.820. The second kappa shape index (κ2) is 4.94. The quantitative estimate of drug-likeness (QED) is 0.725. The predicted molar refractivity (Wildman–Crippen MR) is 51.2 cm³/mol. The van der Waals surface area contributed by atoms with Crippen LogP contribution >= 0.6 is 0 Å². The predicted octanol–water partition coefficient (Wildman–Crippen LogP) is 2.56. The van der Waals surface area contributed by atoms with Crippen LogP contribution < -0.4 is 0 Å². The number of hydrogen-bond donors (Lipinski definition) is 1. The topological polar surface area (TPSA) is 20.2 Å². The zero-order valence-corrected chi connectivity index (χ0v) is 7.53. The Morgan fingerprint density at radius 2 is 1.92 bits per heavy atom. The molecule has 1 aromatic rings. The lowest BCUT2D eigenvalue weighted by Crippen LogP contribution is -2.02. The molecule has 1 atom stereocenters. The van der Waals surface area contributed by atoms with E-state index in [9.17, 15) is 0 Å². The van der Waals surface area contributed by atoms with Crippen LogP contribution in [0.2, 0.25) is 0 Å². The fraction of sp³-hybridized carbons (Fsp3) is 0.455. The molecule has 0 aliphatic rings. The van der Waals surface area contributed by atoms with Crippen LogP contribution in [-0.4, -0.2) is 11.7 Å². The second-order valence-corrected chi connectivity index (χ2v) is 3.08. The van der Waals surface area contributed by atoms with E-state index >= 15 is 0 Å². The smallest absolute Gasteiger partial charge is 0.0499 e. The van der Waals surface area contributed by atoms with Gasteiger partial charge in [-0.15, -0.1) is 0 Å². The molecule has 0 saturated carbocycles. The Balaban J connectivity index is 2.66. The highest BCUT2D eigenvalue weighted by Gasteiger charge is 2.07. The van der Waals surface area contributed by atoms with Gasteiger partial charge in [0, 0.05) is 12.5 Å². The van der Waals surface area contributed by atoms with E-state index in [1.54, 1.807) is 0 Å². The molecule has 1 N–H and O–H groups in total. The van der Waals surface area contributed by atoms with Crippen LogP contribution in [0.3, 0.4) is 0 Å². The Morgan fingerprint density at radius 3 is 2.42 bits per heavy atom. The molecule has 0 radical (unpaired) electrons. The molecular formula is C11H16O. The van der Waals surface area contributed by atoms with Gasteiger partial charge in [-0.2, -0.15) is 0 Å². The minimum absolute atomic E-state index is 0.262. The highest BCUT2D eigenvalue weighted by molar-refractivity contribution is 5.19. The molecule has 0 heterocycles. The molecule has 1 rings (SSSR count). The first kappa shape index (κ1) is 9.27. The molecule has 1 aromatic carbocycles. The summed E-state index contributed by atoms with van der Waals surface area (Å²) in [7, 11) is 0. The SMILES string of the molecule is CCC[C@H](CO)c1ccccc1. The van der Waals surface area contributed by atoms with E-state index in [-0.39, 0.29) is 6.61 Å². The average Bonchev–Trinajstić information content (AvgIpc) is 2.15. The lowest BCUT2D eigenvalue weighted by atomic mass is 9.96. The number of benzene rings is 1. The van der Waals surface area contributed by atoms with Crippen molar-refractivity contribution in [2.75, 3.05) is 6.61 Å². The van der Waals surface area contributed by atoms with Crippen molar-refractivity contribution in [3.63, 3.8) is 0 Å². The van der Waals surface area contributed by atoms with Crippen molar-refractivity contribution in [3.8, 4) is 0 Å². The highest BCUT2D eigenvalue weighted by atomic mass is 16.3. The fourth-order valence-corrected chi connectivity index (χ4v) is 1.44. The zero-order chi connectivity index (χ0) is 8.81. The molecule has 0 aromatic heterocycles. The Kier molecular flexibility index (Phi) is 3.81. The van der Waals surface area contributed by atoms with Crippen LogP contribution in [0.25, 0.3) is 0 Å². The summed E-state index contributed by atoms with van der Waals surface area (Å²) < 4.78 is 0. The van der Waals surface area contributed by atoms with Gasteiger partial charge in [0.15, 0.2) is 0 Å². The van der Waals surface area contributed by atoms with Gasteiger partial charge in [0.25, 0.3) is 0 Å². The van der Waals surface area contributed by atoms with Crippen LogP contribution in [-0.2, 0) is 0 Å². The van der Waals surface area contributed by atoms with Crippen molar-refractivity contribution in [1.82, 2.24) is 0 Å². The summed E-state index contributed by atoms with van der Waals surface area (Å²) in [5.74, 6) is 0.330. The number of rotatable bonds is 4. The summed E-state index contributed by atoms with van der Waals surface area (Å²) in [5.41, 5.74) is 1.25. The lowest BCUT2D eigenvalue weighted by molar-refractivity contribution is 0.258. The monoisotopic (exact) mass is 164 g/mol. The maximum absolute atomic E-state index is 9.11. The lowest BCUT2D eigenvalue weighted by Gasteiger charge is -2.12. The summed E-state index contributed by atoms with van der Waals surface area (Å²) in [5, 5.41) is 9.11. The fourth-order valence-electron chi connectivity index (χ4n) is 1.44. The summed E-state index contributed by atoms with van der Waals surface area (Å²) in [6.07, 6.45) is 2.20. The average molecular weight is 164 g/mol. The Morgan fingerprint density at radius 1 is 1.25 bits per heavy atom.